The first kappa shape index (κ1) is 17.4. The number of hydrogen-bond donors (Lipinski definition) is 0. The molecule has 1 radical (unpaired) electrons. The van der Waals surface area contributed by atoms with E-state index in [2.05, 4.69) is 13.8 Å². The van der Waals surface area contributed by atoms with Gasteiger partial charge in [0.2, 0.25) is 0 Å². The van der Waals surface area contributed by atoms with Crippen LogP contribution >= 0.6 is 0 Å². The topological polar surface area (TPSA) is 26.3 Å². The fraction of sp³-hybridized carbons (Fsp3) is 0.812. The summed E-state index contributed by atoms with van der Waals surface area (Å²) in [6.07, 6.45) is 6.04. The van der Waals surface area contributed by atoms with Crippen molar-refractivity contribution >= 4 is 5.97 Å². The maximum Gasteiger partial charge on any atom is 0.302 e. The summed E-state index contributed by atoms with van der Waals surface area (Å²) >= 11 is 0. The Balaban J connectivity index is 0.00000180. The fourth-order valence-corrected chi connectivity index (χ4v) is 4.38. The smallest absolute Gasteiger partial charge is 0.302 e. The molecule has 0 saturated heterocycles. The molecule has 2 fully saturated rings. The number of rotatable bonds is 3. The molecule has 0 heterocycles. The number of fused-ring (bicyclic) bond motifs is 1. The molecule has 0 N–H and O–H groups in total. The first-order chi connectivity index (χ1) is 8.45. The molecule has 4 atom stereocenters. The van der Waals surface area contributed by atoms with Crippen molar-refractivity contribution in [2.75, 3.05) is 6.61 Å². The number of hydrogen-bond acceptors (Lipinski definition) is 2. The molecular formula is C16H25O2Y-. The molecule has 0 amide bonds. The SMILES string of the molecule is [CH-]=C1CCC[C@@]2(C)C1CC[C@@H]2[C@H](C)COC(C)=O.[Y]. The Kier molecular flexibility index (Phi) is 6.26. The molecular weight excluding hydrogens is 313 g/mol. The Morgan fingerprint density at radius 3 is 2.84 bits per heavy atom. The molecule has 2 aliphatic rings. The fourth-order valence-electron chi connectivity index (χ4n) is 4.38. The maximum absolute atomic E-state index is 10.9. The monoisotopic (exact) mass is 338 g/mol. The van der Waals surface area contributed by atoms with Crippen LogP contribution in [0.25, 0.3) is 0 Å². The van der Waals surface area contributed by atoms with E-state index in [9.17, 15) is 4.79 Å². The molecule has 3 heteroatoms. The van der Waals surface area contributed by atoms with E-state index < -0.39 is 0 Å². The van der Waals surface area contributed by atoms with Gasteiger partial charge < -0.3 is 11.3 Å². The van der Waals surface area contributed by atoms with Gasteiger partial charge in [0.25, 0.3) is 0 Å². The molecule has 2 rings (SSSR count). The van der Waals surface area contributed by atoms with Gasteiger partial charge in [-0.1, -0.05) is 26.7 Å². The summed E-state index contributed by atoms with van der Waals surface area (Å²) in [5.74, 6) is 1.50. The Labute approximate surface area is 142 Å². The predicted molar refractivity (Wildman–Crippen MR) is 71.8 cm³/mol. The number of carbonyl (C=O) groups is 1. The van der Waals surface area contributed by atoms with Crippen LogP contribution in [0.15, 0.2) is 5.57 Å². The van der Waals surface area contributed by atoms with Crippen molar-refractivity contribution in [3.8, 4) is 0 Å². The van der Waals surface area contributed by atoms with Crippen molar-refractivity contribution in [3.05, 3.63) is 12.2 Å². The molecule has 105 valence electrons. The van der Waals surface area contributed by atoms with E-state index in [1.807, 2.05) is 0 Å². The second-order valence-electron chi connectivity index (χ2n) is 6.45. The molecule has 0 aromatic rings. The minimum absolute atomic E-state index is 0. The van der Waals surface area contributed by atoms with Crippen molar-refractivity contribution < 1.29 is 42.2 Å². The van der Waals surface area contributed by atoms with Crippen molar-refractivity contribution in [1.29, 1.82) is 0 Å². The van der Waals surface area contributed by atoms with Gasteiger partial charge in [-0.3, -0.25) is 10.4 Å². The molecule has 2 saturated carbocycles. The van der Waals surface area contributed by atoms with Gasteiger partial charge in [-0.05, 0) is 42.4 Å². The van der Waals surface area contributed by atoms with Crippen LogP contribution in [0.4, 0.5) is 0 Å². The van der Waals surface area contributed by atoms with E-state index in [4.69, 9.17) is 11.3 Å². The molecule has 2 aliphatic carbocycles. The third-order valence-electron chi connectivity index (χ3n) is 5.27. The summed E-state index contributed by atoms with van der Waals surface area (Å²) in [6, 6.07) is 0. The summed E-state index contributed by atoms with van der Waals surface area (Å²) in [5, 5.41) is 0. The van der Waals surface area contributed by atoms with Gasteiger partial charge in [-0.2, -0.15) is 0 Å². The Hall–Kier alpha value is 0.314. The van der Waals surface area contributed by atoms with Crippen LogP contribution in [-0.4, -0.2) is 12.6 Å². The molecule has 0 spiro atoms. The van der Waals surface area contributed by atoms with E-state index in [0.717, 1.165) is 6.42 Å². The molecule has 1 unspecified atom stereocenters. The number of ether oxygens (including phenoxy) is 1. The van der Waals surface area contributed by atoms with Crippen LogP contribution in [-0.2, 0) is 42.2 Å². The zero-order valence-corrected chi connectivity index (χ0v) is 15.3. The standard InChI is InChI=1S/C16H25O2.Y/c1-11-6-5-9-16(4)14(11)7-8-15(16)12(2)10-18-13(3)17;/h1,12,14-15H,5-10H2,2-4H3;/q-1;/t12-,14?,15-,16+;/m1./s1. The normalized spacial score (nSPS) is 35.2. The number of esters is 1. The van der Waals surface area contributed by atoms with E-state index in [1.54, 1.807) is 0 Å². The van der Waals surface area contributed by atoms with Crippen LogP contribution < -0.4 is 0 Å². The average Bonchev–Trinajstić information content (AvgIpc) is 2.64. The summed E-state index contributed by atoms with van der Waals surface area (Å²) in [4.78, 5) is 10.9. The van der Waals surface area contributed by atoms with Crippen molar-refractivity contribution in [2.45, 2.75) is 52.9 Å². The van der Waals surface area contributed by atoms with Gasteiger partial charge >= 0.3 is 5.97 Å². The van der Waals surface area contributed by atoms with Crippen molar-refractivity contribution in [1.82, 2.24) is 0 Å². The van der Waals surface area contributed by atoms with Crippen LogP contribution in [0.5, 0.6) is 0 Å². The van der Waals surface area contributed by atoms with Gasteiger partial charge in [-0.25, -0.2) is 0 Å². The summed E-state index contributed by atoms with van der Waals surface area (Å²) < 4.78 is 5.19. The van der Waals surface area contributed by atoms with Gasteiger partial charge in [-0.15, -0.1) is 0 Å². The van der Waals surface area contributed by atoms with Gasteiger partial charge in [0.15, 0.2) is 0 Å². The minimum atomic E-state index is -0.170. The average molecular weight is 338 g/mol. The summed E-state index contributed by atoms with van der Waals surface area (Å²) in [7, 11) is 0. The maximum atomic E-state index is 10.9. The molecule has 2 nitrogen and oxygen atoms in total. The first-order valence-electron chi connectivity index (χ1n) is 7.19. The van der Waals surface area contributed by atoms with E-state index in [1.165, 1.54) is 38.2 Å². The van der Waals surface area contributed by atoms with Gasteiger partial charge in [0.1, 0.15) is 0 Å². The molecule has 0 aromatic heterocycles. The molecule has 0 aromatic carbocycles. The largest absolute Gasteiger partial charge is 0.514 e. The zero-order chi connectivity index (χ0) is 13.3. The second-order valence-corrected chi connectivity index (χ2v) is 6.45. The quantitative estimate of drug-likeness (QED) is 0.579. The van der Waals surface area contributed by atoms with E-state index in [0.29, 0.717) is 29.8 Å². The predicted octanol–water partition coefficient (Wildman–Crippen LogP) is 3.76. The van der Waals surface area contributed by atoms with Crippen molar-refractivity contribution in [3.63, 3.8) is 0 Å². The molecule has 0 aliphatic heterocycles. The van der Waals surface area contributed by atoms with Crippen LogP contribution in [0.1, 0.15) is 52.9 Å². The third kappa shape index (κ3) is 3.50. The minimum Gasteiger partial charge on any atom is -0.514 e. The second kappa shape index (κ2) is 6.85. The number of allylic oxidation sites excluding steroid dienone is 1. The van der Waals surface area contributed by atoms with Gasteiger partial charge in [0.05, 0.1) is 6.61 Å². The van der Waals surface area contributed by atoms with E-state index >= 15 is 0 Å². The van der Waals surface area contributed by atoms with Crippen LogP contribution in [0, 0.1) is 29.7 Å². The van der Waals surface area contributed by atoms with E-state index in [-0.39, 0.29) is 38.7 Å². The Bertz CT molecular complexity index is 353. The Morgan fingerprint density at radius 2 is 2.21 bits per heavy atom. The first-order valence-corrected chi connectivity index (χ1v) is 7.19. The number of carbonyl (C=O) groups excluding carboxylic acids is 1. The summed E-state index contributed by atoms with van der Waals surface area (Å²) in [5.41, 5.74) is 1.55. The van der Waals surface area contributed by atoms with Crippen LogP contribution in [0.3, 0.4) is 0 Å². The molecule has 19 heavy (non-hydrogen) atoms. The third-order valence-corrected chi connectivity index (χ3v) is 5.27. The van der Waals surface area contributed by atoms with Gasteiger partial charge in [0, 0.05) is 39.6 Å². The Morgan fingerprint density at radius 1 is 1.53 bits per heavy atom. The van der Waals surface area contributed by atoms with Crippen molar-refractivity contribution in [2.24, 2.45) is 23.2 Å². The zero-order valence-electron chi connectivity index (χ0n) is 12.4. The molecule has 0 bridgehead atoms. The van der Waals surface area contributed by atoms with Crippen LogP contribution in [0.2, 0.25) is 0 Å². The summed E-state index contributed by atoms with van der Waals surface area (Å²) in [6.45, 7) is 12.9.